The lowest BCUT2D eigenvalue weighted by atomic mass is 9.89. The summed E-state index contributed by atoms with van der Waals surface area (Å²) in [5, 5.41) is 12.8. The first-order chi connectivity index (χ1) is 8.46. The zero-order valence-corrected chi connectivity index (χ0v) is 11.3. The summed E-state index contributed by atoms with van der Waals surface area (Å²) >= 11 is 0. The predicted octanol–water partition coefficient (Wildman–Crippen LogP) is 2.68. The molecule has 0 atom stereocenters. The van der Waals surface area contributed by atoms with Crippen molar-refractivity contribution in [1.29, 1.82) is 0 Å². The van der Waals surface area contributed by atoms with Gasteiger partial charge in [-0.3, -0.25) is 0 Å². The molecule has 0 radical (unpaired) electrons. The van der Waals surface area contributed by atoms with Crippen LogP contribution in [0.15, 0.2) is 18.2 Å². The van der Waals surface area contributed by atoms with Crippen LogP contribution in [0.2, 0.25) is 0 Å². The Hall–Kier alpha value is -1.13. The molecule has 4 heteroatoms. The first kappa shape index (κ1) is 14.9. The van der Waals surface area contributed by atoms with Gasteiger partial charge in [-0.25, -0.2) is 4.39 Å². The molecule has 1 aromatic carbocycles. The zero-order chi connectivity index (χ0) is 13.6. The van der Waals surface area contributed by atoms with Gasteiger partial charge in [0.05, 0.1) is 0 Å². The molecule has 0 amide bonds. The topological polar surface area (TPSA) is 41.5 Å². The molecule has 1 rings (SSSR count). The number of hydrogen-bond acceptors (Lipinski definition) is 3. The number of para-hydroxylation sites is 1. The van der Waals surface area contributed by atoms with Gasteiger partial charge in [0.25, 0.3) is 0 Å². The van der Waals surface area contributed by atoms with Gasteiger partial charge < -0.3 is 15.2 Å². The monoisotopic (exact) mass is 255 g/mol. The van der Waals surface area contributed by atoms with Crippen molar-refractivity contribution in [1.82, 2.24) is 5.32 Å². The fourth-order valence-corrected chi connectivity index (χ4v) is 1.70. The first-order valence-electron chi connectivity index (χ1n) is 6.12. The van der Waals surface area contributed by atoms with Crippen LogP contribution in [-0.4, -0.2) is 25.4 Å². The van der Waals surface area contributed by atoms with E-state index in [1.54, 1.807) is 19.2 Å². The van der Waals surface area contributed by atoms with E-state index in [0.29, 0.717) is 12.1 Å². The molecule has 0 fully saturated rings. The van der Waals surface area contributed by atoms with Crippen molar-refractivity contribution in [2.24, 2.45) is 5.41 Å². The van der Waals surface area contributed by atoms with Crippen molar-refractivity contribution >= 4 is 0 Å². The molecule has 0 saturated heterocycles. The molecular weight excluding hydrogens is 233 g/mol. The van der Waals surface area contributed by atoms with Crippen LogP contribution in [-0.2, 0) is 11.3 Å². The largest absolute Gasteiger partial charge is 0.505 e. The Bertz CT molecular complexity index is 380. The Balaban J connectivity index is 2.44. The lowest BCUT2D eigenvalue weighted by Gasteiger charge is -2.24. The highest BCUT2D eigenvalue weighted by atomic mass is 19.1. The number of nitrogens with one attached hydrogen (secondary N) is 1. The molecule has 18 heavy (non-hydrogen) atoms. The third-order valence-electron chi connectivity index (χ3n) is 2.97. The van der Waals surface area contributed by atoms with E-state index in [4.69, 9.17) is 4.74 Å². The second-order valence-electron chi connectivity index (χ2n) is 5.26. The zero-order valence-electron chi connectivity index (χ0n) is 11.3. The van der Waals surface area contributed by atoms with Gasteiger partial charge in [0.15, 0.2) is 11.6 Å². The molecule has 0 bridgehead atoms. The molecule has 102 valence electrons. The lowest BCUT2D eigenvalue weighted by molar-refractivity contribution is 0.150. The maximum Gasteiger partial charge on any atom is 0.165 e. The lowest BCUT2D eigenvalue weighted by Crippen LogP contribution is -2.30. The highest BCUT2D eigenvalue weighted by Gasteiger charge is 2.17. The summed E-state index contributed by atoms with van der Waals surface area (Å²) in [6.45, 7) is 6.25. The Kier molecular flexibility index (Phi) is 5.56. The van der Waals surface area contributed by atoms with Crippen LogP contribution in [0.4, 0.5) is 4.39 Å². The van der Waals surface area contributed by atoms with Crippen LogP contribution in [0.25, 0.3) is 0 Å². The minimum atomic E-state index is -0.576. The number of phenolic OH excluding ortho intramolecular Hbond substituents is 1. The van der Waals surface area contributed by atoms with Gasteiger partial charge in [0.2, 0.25) is 0 Å². The molecule has 0 unspecified atom stereocenters. The predicted molar refractivity (Wildman–Crippen MR) is 70.0 cm³/mol. The van der Waals surface area contributed by atoms with Crippen molar-refractivity contribution in [3.63, 3.8) is 0 Å². The Labute approximate surface area is 108 Å². The molecule has 1 aromatic rings. The SMILES string of the molecule is COCCC(C)(C)CNCc1cccc(F)c1O. The van der Waals surface area contributed by atoms with Gasteiger partial charge >= 0.3 is 0 Å². The van der Waals surface area contributed by atoms with E-state index in [9.17, 15) is 9.50 Å². The summed E-state index contributed by atoms with van der Waals surface area (Å²) in [4.78, 5) is 0. The van der Waals surface area contributed by atoms with Gasteiger partial charge in [-0.05, 0) is 17.9 Å². The highest BCUT2D eigenvalue weighted by Crippen LogP contribution is 2.22. The molecule has 0 aliphatic rings. The van der Waals surface area contributed by atoms with E-state index in [1.165, 1.54) is 6.07 Å². The van der Waals surface area contributed by atoms with E-state index in [0.717, 1.165) is 19.6 Å². The van der Waals surface area contributed by atoms with Gasteiger partial charge in [-0.15, -0.1) is 0 Å². The molecule has 0 heterocycles. The van der Waals surface area contributed by atoms with Crippen molar-refractivity contribution in [3.05, 3.63) is 29.6 Å². The molecule has 0 spiro atoms. The summed E-state index contributed by atoms with van der Waals surface area (Å²) in [5.74, 6) is -0.840. The number of halogens is 1. The van der Waals surface area contributed by atoms with Gasteiger partial charge in [-0.1, -0.05) is 26.0 Å². The Morgan fingerprint density at radius 3 is 2.78 bits per heavy atom. The Morgan fingerprint density at radius 1 is 1.39 bits per heavy atom. The number of aromatic hydroxyl groups is 1. The first-order valence-corrected chi connectivity index (χ1v) is 6.12. The van der Waals surface area contributed by atoms with E-state index in [2.05, 4.69) is 19.2 Å². The number of methoxy groups -OCH3 is 1. The number of rotatable bonds is 7. The minimum absolute atomic E-state index is 0.110. The fourth-order valence-electron chi connectivity index (χ4n) is 1.70. The van der Waals surface area contributed by atoms with Crippen LogP contribution in [0, 0.1) is 11.2 Å². The minimum Gasteiger partial charge on any atom is -0.505 e. The van der Waals surface area contributed by atoms with Crippen LogP contribution in [0.5, 0.6) is 5.75 Å². The maximum absolute atomic E-state index is 13.1. The summed E-state index contributed by atoms with van der Waals surface area (Å²) < 4.78 is 18.2. The summed E-state index contributed by atoms with van der Waals surface area (Å²) in [5.41, 5.74) is 0.691. The van der Waals surface area contributed by atoms with Crippen molar-refractivity contribution < 1.29 is 14.2 Å². The molecular formula is C14H22FNO2. The summed E-state index contributed by atoms with van der Waals surface area (Å²) in [7, 11) is 1.69. The van der Waals surface area contributed by atoms with Crippen LogP contribution < -0.4 is 5.32 Å². The normalized spacial score (nSPS) is 11.8. The highest BCUT2D eigenvalue weighted by molar-refractivity contribution is 5.33. The number of phenols is 1. The van der Waals surface area contributed by atoms with Crippen molar-refractivity contribution in [2.75, 3.05) is 20.3 Å². The van der Waals surface area contributed by atoms with Gasteiger partial charge in [0.1, 0.15) is 0 Å². The van der Waals surface area contributed by atoms with E-state index >= 15 is 0 Å². The fraction of sp³-hybridized carbons (Fsp3) is 0.571. The molecule has 2 N–H and O–H groups in total. The van der Waals surface area contributed by atoms with Crippen molar-refractivity contribution in [3.8, 4) is 5.75 Å². The van der Waals surface area contributed by atoms with Gasteiger partial charge in [0, 0.05) is 32.4 Å². The Morgan fingerprint density at radius 2 is 2.11 bits per heavy atom. The smallest absolute Gasteiger partial charge is 0.165 e. The molecule has 3 nitrogen and oxygen atoms in total. The average molecular weight is 255 g/mol. The quantitative estimate of drug-likeness (QED) is 0.787. The number of hydrogen-bond donors (Lipinski definition) is 2. The number of benzene rings is 1. The number of ether oxygens (including phenoxy) is 1. The van der Waals surface area contributed by atoms with Crippen molar-refractivity contribution in [2.45, 2.75) is 26.8 Å². The standard InChI is InChI=1S/C14H22FNO2/c1-14(2,7-8-18-3)10-16-9-11-5-4-6-12(15)13(11)17/h4-6,16-17H,7-10H2,1-3H3. The maximum atomic E-state index is 13.1. The van der Waals surface area contributed by atoms with E-state index in [1.807, 2.05) is 0 Å². The van der Waals surface area contributed by atoms with E-state index < -0.39 is 5.82 Å². The molecule has 0 saturated carbocycles. The molecule has 0 aromatic heterocycles. The second-order valence-corrected chi connectivity index (χ2v) is 5.26. The average Bonchev–Trinajstić information content (AvgIpc) is 2.32. The third kappa shape index (κ3) is 4.63. The van der Waals surface area contributed by atoms with Crippen LogP contribution in [0.1, 0.15) is 25.8 Å². The van der Waals surface area contributed by atoms with Gasteiger partial charge in [-0.2, -0.15) is 0 Å². The van der Waals surface area contributed by atoms with Crippen LogP contribution in [0.3, 0.4) is 0 Å². The molecule has 0 aliphatic heterocycles. The summed E-state index contributed by atoms with van der Waals surface area (Å²) in [6, 6.07) is 4.57. The second kappa shape index (κ2) is 6.71. The van der Waals surface area contributed by atoms with E-state index in [-0.39, 0.29) is 11.2 Å². The van der Waals surface area contributed by atoms with Crippen LogP contribution >= 0.6 is 0 Å². The summed E-state index contributed by atoms with van der Waals surface area (Å²) in [6.07, 6.45) is 0.950. The third-order valence-corrected chi connectivity index (χ3v) is 2.97. The molecule has 0 aliphatic carbocycles.